The summed E-state index contributed by atoms with van der Waals surface area (Å²) in [6.07, 6.45) is 4.77. The third kappa shape index (κ3) is 3.52. The summed E-state index contributed by atoms with van der Waals surface area (Å²) in [6, 6.07) is 3.53. The monoisotopic (exact) mass is 372 g/mol. The number of hydrogen-bond acceptors (Lipinski definition) is 6. The lowest BCUT2D eigenvalue weighted by Gasteiger charge is -2.37. The second-order valence-electron chi connectivity index (χ2n) is 8.19. The number of primary amides is 1. The van der Waals surface area contributed by atoms with Crippen molar-refractivity contribution in [2.45, 2.75) is 45.1 Å². The summed E-state index contributed by atoms with van der Waals surface area (Å²) in [7, 11) is 0. The minimum absolute atomic E-state index is 0.0143. The first-order valence-electron chi connectivity index (χ1n) is 9.93. The number of rotatable bonds is 4. The number of piperidine rings is 1. The number of likely N-dealkylation sites (tertiary alicyclic amines) is 1. The van der Waals surface area contributed by atoms with E-state index in [1.807, 2.05) is 6.92 Å². The lowest BCUT2D eigenvalue weighted by Crippen LogP contribution is -2.43. The van der Waals surface area contributed by atoms with Gasteiger partial charge in [0.25, 0.3) is 5.91 Å². The van der Waals surface area contributed by atoms with E-state index in [4.69, 9.17) is 10.5 Å². The van der Waals surface area contributed by atoms with Gasteiger partial charge in [0.1, 0.15) is 11.9 Å². The number of cyclic esters (lactones) is 1. The molecule has 0 bridgehead atoms. The molecular weight excluding hydrogens is 344 g/mol. The van der Waals surface area contributed by atoms with Gasteiger partial charge in [0.2, 0.25) is 0 Å². The van der Waals surface area contributed by atoms with E-state index >= 15 is 0 Å². The summed E-state index contributed by atoms with van der Waals surface area (Å²) in [5, 5.41) is 0. The average Bonchev–Trinajstić information content (AvgIpc) is 3.24. The number of ether oxygens (including phenoxy) is 1. The summed E-state index contributed by atoms with van der Waals surface area (Å²) in [5.41, 5.74) is 6.43. The van der Waals surface area contributed by atoms with Gasteiger partial charge < -0.3 is 15.4 Å². The van der Waals surface area contributed by atoms with Crippen LogP contribution in [0.3, 0.4) is 0 Å². The molecular formula is C20H28N4O3. The molecule has 3 fully saturated rings. The Morgan fingerprint density at radius 1 is 1.26 bits per heavy atom. The van der Waals surface area contributed by atoms with Crippen LogP contribution in [0.1, 0.15) is 48.2 Å². The molecule has 3 aliphatic rings. The van der Waals surface area contributed by atoms with Gasteiger partial charge in [-0.15, -0.1) is 0 Å². The van der Waals surface area contributed by atoms with Crippen molar-refractivity contribution in [2.75, 3.05) is 37.6 Å². The van der Waals surface area contributed by atoms with Crippen molar-refractivity contribution in [3.8, 4) is 0 Å². The smallest absolute Gasteiger partial charge is 0.312 e. The lowest BCUT2D eigenvalue weighted by molar-refractivity contribution is -0.150. The molecule has 0 aliphatic carbocycles. The van der Waals surface area contributed by atoms with Gasteiger partial charge in [-0.2, -0.15) is 0 Å². The molecule has 1 unspecified atom stereocenters. The Morgan fingerprint density at radius 2 is 1.96 bits per heavy atom. The Kier molecular flexibility index (Phi) is 4.80. The van der Waals surface area contributed by atoms with Crippen molar-refractivity contribution in [1.29, 1.82) is 0 Å². The van der Waals surface area contributed by atoms with Crippen LogP contribution in [0.5, 0.6) is 0 Å². The third-order valence-corrected chi connectivity index (χ3v) is 6.29. The van der Waals surface area contributed by atoms with Crippen molar-refractivity contribution in [3.63, 3.8) is 0 Å². The quantitative estimate of drug-likeness (QED) is 0.806. The van der Waals surface area contributed by atoms with Crippen LogP contribution in [-0.2, 0) is 9.53 Å². The van der Waals surface area contributed by atoms with E-state index < -0.39 is 5.91 Å². The molecule has 1 spiro atoms. The number of nitrogens with two attached hydrogens (primary N) is 1. The van der Waals surface area contributed by atoms with Crippen LogP contribution in [-0.4, -0.2) is 60.6 Å². The minimum Gasteiger partial charge on any atom is -0.461 e. The van der Waals surface area contributed by atoms with E-state index in [0.29, 0.717) is 24.5 Å². The molecule has 3 saturated heterocycles. The molecule has 1 atom stereocenters. The maximum Gasteiger partial charge on any atom is 0.312 e. The third-order valence-electron chi connectivity index (χ3n) is 6.29. The molecule has 2 N–H and O–H groups in total. The fourth-order valence-corrected chi connectivity index (χ4v) is 4.72. The van der Waals surface area contributed by atoms with E-state index in [-0.39, 0.29) is 17.5 Å². The molecule has 4 rings (SSSR count). The van der Waals surface area contributed by atoms with Crippen molar-refractivity contribution in [3.05, 3.63) is 23.4 Å². The van der Waals surface area contributed by atoms with Gasteiger partial charge in [0.05, 0.1) is 11.0 Å². The van der Waals surface area contributed by atoms with E-state index in [9.17, 15) is 9.59 Å². The molecule has 0 aromatic carbocycles. The van der Waals surface area contributed by atoms with Gasteiger partial charge >= 0.3 is 5.97 Å². The number of hydrogen-bond donors (Lipinski definition) is 1. The minimum atomic E-state index is -0.469. The zero-order valence-corrected chi connectivity index (χ0v) is 15.9. The Bertz CT molecular complexity index is 737. The Morgan fingerprint density at radius 3 is 2.63 bits per heavy atom. The Labute approximate surface area is 159 Å². The molecule has 0 saturated carbocycles. The first-order valence-corrected chi connectivity index (χ1v) is 9.93. The second-order valence-corrected chi connectivity index (χ2v) is 8.19. The molecule has 1 aromatic rings. The highest BCUT2D eigenvalue weighted by molar-refractivity contribution is 5.97. The molecule has 4 heterocycles. The number of aryl methyl sites for hydroxylation is 1. The maximum absolute atomic E-state index is 12.7. The molecule has 1 amide bonds. The van der Waals surface area contributed by atoms with Gasteiger partial charge in [-0.1, -0.05) is 0 Å². The first kappa shape index (κ1) is 18.2. The second kappa shape index (κ2) is 7.11. The molecule has 3 aliphatic heterocycles. The lowest BCUT2D eigenvalue weighted by atomic mass is 9.76. The summed E-state index contributed by atoms with van der Waals surface area (Å²) in [6.45, 7) is 6.36. The van der Waals surface area contributed by atoms with Gasteiger partial charge in [-0.25, -0.2) is 4.98 Å². The Hall–Kier alpha value is -2.15. The Balaban J connectivity index is 1.43. The fraction of sp³-hybridized carbons (Fsp3) is 0.650. The number of esters is 1. The average molecular weight is 372 g/mol. The number of carbonyl (C=O) groups excluding carboxylic acids is 2. The van der Waals surface area contributed by atoms with Crippen molar-refractivity contribution >= 4 is 17.7 Å². The standard InChI is InChI=1S/C20H28N4O3/c1-14-4-5-16(17(21)25)18(22-14)24-10-6-20(7-11-24)12-15(27-19(20)26)13-23-8-2-3-9-23/h4-5,15H,2-3,6-13H2,1H3,(H2,21,25). The molecule has 1 aromatic heterocycles. The number of amides is 1. The predicted molar refractivity (Wildman–Crippen MR) is 102 cm³/mol. The highest BCUT2D eigenvalue weighted by Gasteiger charge is 2.50. The summed E-state index contributed by atoms with van der Waals surface area (Å²) in [4.78, 5) is 33.4. The van der Waals surface area contributed by atoms with Crippen LogP contribution < -0.4 is 10.6 Å². The fourth-order valence-electron chi connectivity index (χ4n) is 4.72. The van der Waals surface area contributed by atoms with Crippen LogP contribution in [0.2, 0.25) is 0 Å². The molecule has 7 nitrogen and oxygen atoms in total. The highest BCUT2D eigenvalue weighted by atomic mass is 16.6. The van der Waals surface area contributed by atoms with Gasteiger partial charge in [-0.05, 0) is 57.8 Å². The van der Waals surface area contributed by atoms with Crippen LogP contribution in [0.15, 0.2) is 12.1 Å². The van der Waals surface area contributed by atoms with Crippen molar-refractivity contribution in [2.24, 2.45) is 11.1 Å². The van der Waals surface area contributed by atoms with Crippen LogP contribution >= 0.6 is 0 Å². The predicted octanol–water partition coefficient (Wildman–Crippen LogP) is 1.49. The summed E-state index contributed by atoms with van der Waals surface area (Å²) in [5.74, 6) is 0.125. The normalized spacial score (nSPS) is 25.1. The van der Waals surface area contributed by atoms with E-state index in [1.165, 1.54) is 12.8 Å². The van der Waals surface area contributed by atoms with E-state index in [0.717, 1.165) is 44.6 Å². The summed E-state index contributed by atoms with van der Waals surface area (Å²) >= 11 is 0. The molecule has 7 heteroatoms. The van der Waals surface area contributed by atoms with E-state index in [1.54, 1.807) is 12.1 Å². The summed E-state index contributed by atoms with van der Waals surface area (Å²) < 4.78 is 5.75. The molecule has 0 radical (unpaired) electrons. The maximum atomic E-state index is 12.7. The van der Waals surface area contributed by atoms with Crippen molar-refractivity contribution < 1.29 is 14.3 Å². The zero-order chi connectivity index (χ0) is 19.0. The highest BCUT2D eigenvalue weighted by Crippen LogP contribution is 2.44. The van der Waals surface area contributed by atoms with Gasteiger partial charge in [-0.3, -0.25) is 14.5 Å². The largest absolute Gasteiger partial charge is 0.461 e. The van der Waals surface area contributed by atoms with Crippen LogP contribution in [0.25, 0.3) is 0 Å². The van der Waals surface area contributed by atoms with E-state index in [2.05, 4.69) is 14.8 Å². The number of aromatic nitrogens is 1. The first-order chi connectivity index (χ1) is 13.0. The SMILES string of the molecule is Cc1ccc(C(N)=O)c(N2CCC3(CC2)CC(CN2CCCC2)OC3=O)n1. The van der Waals surface area contributed by atoms with Crippen molar-refractivity contribution in [1.82, 2.24) is 9.88 Å². The van der Waals surface area contributed by atoms with Gasteiger partial charge in [0.15, 0.2) is 0 Å². The molecule has 146 valence electrons. The van der Waals surface area contributed by atoms with Gasteiger partial charge in [0, 0.05) is 31.7 Å². The van der Waals surface area contributed by atoms with Crippen LogP contribution in [0.4, 0.5) is 5.82 Å². The number of carbonyl (C=O) groups is 2. The number of nitrogens with zero attached hydrogens (tertiary/aromatic N) is 3. The number of anilines is 1. The zero-order valence-electron chi connectivity index (χ0n) is 15.9. The number of pyridine rings is 1. The topological polar surface area (TPSA) is 88.8 Å². The molecule has 27 heavy (non-hydrogen) atoms. The van der Waals surface area contributed by atoms with Crippen LogP contribution in [0, 0.1) is 12.3 Å².